The zero-order valence-corrected chi connectivity index (χ0v) is 49.5. The van der Waals surface area contributed by atoms with Crippen molar-refractivity contribution >= 4 is 102 Å². The van der Waals surface area contributed by atoms with E-state index in [-0.39, 0.29) is 0 Å². The molecule has 0 radical (unpaired) electrons. The standard InChI is InChI=1S/C81H50N6S2/c1-4-16-51(17-5-1)53-32-39-61(40-33-53)87(62-41-34-54(35-42-62)52-18-6-2-7-19-52)63-43-36-58(37-44-63)76-65-23-11-14-26-69(65)84-78-67-48-59(38-45-74(67)89-80(76)78)70-49-60(46-47-82-70)81-85-71(55-20-8-3-9-21-55)50-72(86-81)56-28-30-57(31-29-56)75-64-22-10-13-25-68(64)83-77-66-24-12-15-27-73(66)88-79(75)77/h1-50H. The van der Waals surface area contributed by atoms with E-state index in [1.807, 2.05) is 18.3 Å². The lowest BCUT2D eigenvalue weighted by Gasteiger charge is -2.26. The minimum Gasteiger partial charge on any atom is -0.311 e. The number of nitrogens with zero attached hydrogens (tertiary/aromatic N) is 6. The molecule has 11 aromatic carbocycles. The summed E-state index contributed by atoms with van der Waals surface area (Å²) in [5, 5.41) is 4.52. The lowest BCUT2D eigenvalue weighted by Crippen LogP contribution is -2.09. The molecule has 0 aliphatic rings. The summed E-state index contributed by atoms with van der Waals surface area (Å²) in [7, 11) is 0. The Morgan fingerprint density at radius 1 is 0.258 bits per heavy atom. The third kappa shape index (κ3) is 9.46. The monoisotopic (exact) mass is 1170 g/mol. The summed E-state index contributed by atoms with van der Waals surface area (Å²) in [5.41, 5.74) is 22.9. The molecule has 0 atom stereocenters. The van der Waals surface area contributed by atoms with Gasteiger partial charge < -0.3 is 4.90 Å². The van der Waals surface area contributed by atoms with Gasteiger partial charge in [-0.25, -0.2) is 19.9 Å². The fraction of sp³-hybridized carbons (Fsp3) is 0. The SMILES string of the molecule is c1ccc(-c2ccc(N(c3ccc(-c4ccccc4)cc3)c3ccc(-c4c5ccccc5nc5c4sc4ccc(-c6cc(-c7nc(-c8ccccc8)cc(-c8ccc(-c9c%10ccccc%10nc%10c9sc9ccccc9%10)cc8)n7)ccn6)cc45)cc3)cc2)cc1. The Hall–Kier alpha value is -11.3. The Morgan fingerprint density at radius 3 is 1.21 bits per heavy atom. The summed E-state index contributed by atoms with van der Waals surface area (Å²) in [5.74, 6) is 0.622. The topological polar surface area (TPSA) is 67.7 Å². The van der Waals surface area contributed by atoms with Crippen LogP contribution >= 0.6 is 22.7 Å². The van der Waals surface area contributed by atoms with Gasteiger partial charge in [-0.15, -0.1) is 22.7 Å². The predicted molar refractivity (Wildman–Crippen MR) is 374 cm³/mol. The average Bonchev–Trinajstić information content (AvgIpc) is 1.96. The van der Waals surface area contributed by atoms with E-state index in [9.17, 15) is 0 Å². The van der Waals surface area contributed by atoms with E-state index in [4.69, 9.17) is 24.9 Å². The third-order valence-electron chi connectivity index (χ3n) is 17.0. The molecule has 0 unspecified atom stereocenters. The summed E-state index contributed by atoms with van der Waals surface area (Å²) in [6.45, 7) is 0. The highest BCUT2D eigenvalue weighted by atomic mass is 32.1. The summed E-state index contributed by atoms with van der Waals surface area (Å²) in [6, 6.07) is 106. The van der Waals surface area contributed by atoms with Crippen molar-refractivity contribution in [3.05, 3.63) is 303 Å². The molecule has 0 N–H and O–H groups in total. The molecule has 17 aromatic rings. The lowest BCUT2D eigenvalue weighted by atomic mass is 9.98. The maximum absolute atomic E-state index is 5.43. The molecule has 0 fully saturated rings. The molecule has 6 nitrogen and oxygen atoms in total. The first-order chi connectivity index (χ1) is 44.1. The van der Waals surface area contributed by atoms with Crippen LogP contribution in [0.1, 0.15) is 0 Å². The lowest BCUT2D eigenvalue weighted by molar-refractivity contribution is 1.18. The van der Waals surface area contributed by atoms with E-state index in [1.165, 1.54) is 48.2 Å². The molecule has 17 rings (SSSR count). The fourth-order valence-corrected chi connectivity index (χ4v) is 15.0. The maximum Gasteiger partial charge on any atom is 0.160 e. The van der Waals surface area contributed by atoms with Gasteiger partial charge in [-0.3, -0.25) is 4.98 Å². The number of thiophene rings is 2. The number of aromatic nitrogens is 5. The molecule has 6 heterocycles. The molecule has 89 heavy (non-hydrogen) atoms. The van der Waals surface area contributed by atoms with E-state index in [0.29, 0.717) is 5.82 Å². The molecule has 0 aliphatic carbocycles. The van der Waals surface area contributed by atoms with Gasteiger partial charge in [0.25, 0.3) is 0 Å². The summed E-state index contributed by atoms with van der Waals surface area (Å²) in [4.78, 5) is 28.5. The number of hydrogen-bond donors (Lipinski definition) is 0. The molecular formula is C81H50N6S2. The van der Waals surface area contributed by atoms with Crippen molar-refractivity contribution in [2.45, 2.75) is 0 Å². The van der Waals surface area contributed by atoms with Gasteiger partial charge in [0.2, 0.25) is 0 Å². The zero-order chi connectivity index (χ0) is 58.8. The molecule has 0 amide bonds. The van der Waals surface area contributed by atoms with Gasteiger partial charge in [0, 0.05) is 87.6 Å². The van der Waals surface area contributed by atoms with Gasteiger partial charge in [-0.2, -0.15) is 0 Å². The van der Waals surface area contributed by atoms with Crippen LogP contribution in [0.15, 0.2) is 303 Å². The van der Waals surface area contributed by atoms with Gasteiger partial charge in [0.15, 0.2) is 5.82 Å². The van der Waals surface area contributed by atoms with Crippen LogP contribution in [0.4, 0.5) is 17.1 Å². The van der Waals surface area contributed by atoms with Gasteiger partial charge in [0.05, 0.1) is 48.5 Å². The van der Waals surface area contributed by atoms with E-state index in [0.717, 1.165) is 115 Å². The van der Waals surface area contributed by atoms with Gasteiger partial charge in [-0.1, -0.05) is 212 Å². The molecule has 6 aromatic heterocycles. The molecule has 0 aliphatic heterocycles. The highest BCUT2D eigenvalue weighted by molar-refractivity contribution is 7.26. The zero-order valence-electron chi connectivity index (χ0n) is 47.9. The molecule has 0 saturated carbocycles. The van der Waals surface area contributed by atoms with Crippen molar-refractivity contribution in [3.8, 4) is 89.7 Å². The fourth-order valence-electron chi connectivity index (χ4n) is 12.6. The summed E-state index contributed by atoms with van der Waals surface area (Å²) in [6.07, 6.45) is 1.87. The number of fused-ring (bicyclic) bond motifs is 8. The number of pyridine rings is 3. The average molecular weight is 1170 g/mol. The highest BCUT2D eigenvalue weighted by Gasteiger charge is 2.22. The van der Waals surface area contributed by atoms with Crippen molar-refractivity contribution in [1.29, 1.82) is 0 Å². The number of benzene rings is 11. The highest BCUT2D eigenvalue weighted by Crippen LogP contribution is 2.47. The second-order valence-electron chi connectivity index (χ2n) is 22.3. The van der Waals surface area contributed by atoms with Crippen molar-refractivity contribution < 1.29 is 0 Å². The minimum atomic E-state index is 0.622. The van der Waals surface area contributed by atoms with E-state index in [1.54, 1.807) is 22.7 Å². The Balaban J connectivity index is 0.727. The Labute approximate surface area is 521 Å². The smallest absolute Gasteiger partial charge is 0.160 e. The van der Waals surface area contributed by atoms with Crippen LogP contribution in [0.25, 0.3) is 152 Å². The molecule has 8 heteroatoms. The number of rotatable bonds is 11. The predicted octanol–water partition coefficient (Wildman–Crippen LogP) is 22.5. The van der Waals surface area contributed by atoms with E-state index >= 15 is 0 Å². The molecular weight excluding hydrogens is 1120 g/mol. The number of anilines is 3. The van der Waals surface area contributed by atoms with Crippen LogP contribution in [0.3, 0.4) is 0 Å². The Bertz CT molecular complexity index is 5430. The minimum absolute atomic E-state index is 0.622. The quantitative estimate of drug-likeness (QED) is 0.129. The molecule has 0 bridgehead atoms. The van der Waals surface area contributed by atoms with Crippen molar-refractivity contribution in [2.75, 3.05) is 4.90 Å². The molecule has 0 saturated heterocycles. The summed E-state index contributed by atoms with van der Waals surface area (Å²) < 4.78 is 4.72. The van der Waals surface area contributed by atoms with Gasteiger partial charge in [0.1, 0.15) is 0 Å². The third-order valence-corrected chi connectivity index (χ3v) is 19.3. The first kappa shape index (κ1) is 52.1. The number of hydrogen-bond acceptors (Lipinski definition) is 8. The normalized spacial score (nSPS) is 11.6. The van der Waals surface area contributed by atoms with Gasteiger partial charge in [-0.05, 0) is 118 Å². The van der Waals surface area contributed by atoms with Gasteiger partial charge >= 0.3 is 0 Å². The van der Waals surface area contributed by atoms with Crippen LogP contribution in [0, 0.1) is 0 Å². The largest absolute Gasteiger partial charge is 0.311 e. The molecule has 0 spiro atoms. The molecule has 416 valence electrons. The van der Waals surface area contributed by atoms with Crippen LogP contribution < -0.4 is 4.90 Å². The maximum atomic E-state index is 5.43. The Kier molecular flexibility index (Phi) is 12.8. The Morgan fingerprint density at radius 2 is 0.663 bits per heavy atom. The van der Waals surface area contributed by atoms with Crippen molar-refractivity contribution in [1.82, 2.24) is 24.9 Å². The second-order valence-corrected chi connectivity index (χ2v) is 24.4. The second kappa shape index (κ2) is 21.9. The number of para-hydroxylation sites is 2. The van der Waals surface area contributed by atoms with E-state index in [2.05, 4.69) is 290 Å². The first-order valence-electron chi connectivity index (χ1n) is 29.8. The van der Waals surface area contributed by atoms with Crippen molar-refractivity contribution in [2.24, 2.45) is 0 Å². The van der Waals surface area contributed by atoms with Crippen LogP contribution in [0.2, 0.25) is 0 Å². The van der Waals surface area contributed by atoms with E-state index < -0.39 is 0 Å². The van der Waals surface area contributed by atoms with Crippen LogP contribution in [0.5, 0.6) is 0 Å². The van der Waals surface area contributed by atoms with Crippen LogP contribution in [-0.4, -0.2) is 24.9 Å². The first-order valence-corrected chi connectivity index (χ1v) is 31.4. The van der Waals surface area contributed by atoms with Crippen molar-refractivity contribution in [3.63, 3.8) is 0 Å². The summed E-state index contributed by atoms with van der Waals surface area (Å²) >= 11 is 3.59. The van der Waals surface area contributed by atoms with Crippen LogP contribution in [-0.2, 0) is 0 Å².